The van der Waals surface area contributed by atoms with E-state index in [0.717, 1.165) is 0 Å². The third-order valence-electron chi connectivity index (χ3n) is 2.44. The first-order valence-electron chi connectivity index (χ1n) is 4.51. The van der Waals surface area contributed by atoms with Crippen molar-refractivity contribution in [1.82, 2.24) is 0 Å². The molecule has 1 N–H and O–H groups in total. The fourth-order valence-corrected chi connectivity index (χ4v) is 2.73. The molecule has 0 amide bonds. The van der Waals surface area contributed by atoms with Crippen molar-refractivity contribution in [3.63, 3.8) is 0 Å². The van der Waals surface area contributed by atoms with Crippen LogP contribution in [0.5, 0.6) is 5.75 Å². The first kappa shape index (κ1) is 12.1. The number of nitrogens with zero attached hydrogens (tertiary/aromatic N) is 1. The van der Waals surface area contributed by atoms with E-state index in [1.165, 1.54) is 0 Å². The van der Waals surface area contributed by atoms with Gasteiger partial charge in [-0.1, -0.05) is 0 Å². The number of phenolic OH excluding ortho intramolecular Hbond substituents is 1. The molecule has 0 bridgehead atoms. The summed E-state index contributed by atoms with van der Waals surface area (Å²) in [6.07, 6.45) is 0. The maximum Gasteiger partial charge on any atom is 0.354 e. The zero-order valence-electron chi connectivity index (χ0n) is 8.54. The van der Waals surface area contributed by atoms with Crippen LogP contribution in [-0.2, 0) is 0 Å². The Kier molecular flexibility index (Phi) is 2.98. The Hall–Kier alpha value is -1.32. The van der Waals surface area contributed by atoms with E-state index in [2.05, 4.69) is 31.9 Å². The molecule has 6 heteroatoms. The molecule has 2 rings (SSSR count). The minimum Gasteiger partial charge on any atom is -0.505 e. The van der Waals surface area contributed by atoms with E-state index in [4.69, 9.17) is 9.68 Å². The van der Waals surface area contributed by atoms with Crippen LogP contribution in [0.2, 0.25) is 0 Å². The fourth-order valence-electron chi connectivity index (χ4n) is 1.53. The Balaban J connectivity index is 3.09. The zero-order chi connectivity index (χ0) is 12.7. The van der Waals surface area contributed by atoms with Crippen LogP contribution in [0.25, 0.3) is 11.0 Å². The molecule has 0 spiro atoms. The minimum atomic E-state index is -0.708. The number of rotatable bonds is 0. The molecule has 0 radical (unpaired) electrons. The molecule has 0 saturated carbocycles. The molecule has 2 aromatic rings. The third-order valence-corrected chi connectivity index (χ3v) is 3.78. The molecule has 86 valence electrons. The number of aryl methyl sites for hydroxylation is 1. The van der Waals surface area contributed by atoms with Crippen LogP contribution >= 0.6 is 31.9 Å². The number of aromatic hydroxyl groups is 1. The second-order valence-electron chi connectivity index (χ2n) is 3.40. The summed E-state index contributed by atoms with van der Waals surface area (Å²) in [5.74, 6) is -0.0512. The summed E-state index contributed by atoms with van der Waals surface area (Å²) in [6.45, 7) is 1.66. The van der Waals surface area contributed by atoms with Crippen LogP contribution in [0.1, 0.15) is 11.1 Å². The summed E-state index contributed by atoms with van der Waals surface area (Å²) in [5, 5.41) is 19.2. The first-order chi connectivity index (χ1) is 7.97. The number of benzene rings is 1. The molecule has 0 aliphatic carbocycles. The summed E-state index contributed by atoms with van der Waals surface area (Å²) < 4.78 is 5.77. The summed E-state index contributed by atoms with van der Waals surface area (Å²) in [5.41, 5.74) is 0.0225. The summed E-state index contributed by atoms with van der Waals surface area (Å²) in [6, 6.07) is 3.42. The van der Waals surface area contributed by atoms with Gasteiger partial charge in [0.15, 0.2) is 5.58 Å². The predicted molar refractivity (Wildman–Crippen MR) is 69.0 cm³/mol. The minimum absolute atomic E-state index is 0.0259. The number of halogens is 2. The smallest absolute Gasteiger partial charge is 0.354 e. The van der Waals surface area contributed by atoms with Crippen molar-refractivity contribution in [3.8, 4) is 11.8 Å². The van der Waals surface area contributed by atoms with E-state index in [9.17, 15) is 9.90 Å². The molecular formula is C11H5Br2NO3. The maximum atomic E-state index is 11.5. The topological polar surface area (TPSA) is 74.2 Å². The number of hydrogen-bond acceptors (Lipinski definition) is 4. The number of hydrogen-bond donors (Lipinski definition) is 1. The monoisotopic (exact) mass is 357 g/mol. The molecule has 1 aromatic heterocycles. The Labute approximate surface area is 113 Å². The predicted octanol–water partition coefficient (Wildman–Crippen LogP) is 3.20. The van der Waals surface area contributed by atoms with Gasteiger partial charge in [-0.25, -0.2) is 4.79 Å². The molecular weight excluding hydrogens is 354 g/mol. The van der Waals surface area contributed by atoms with Gasteiger partial charge in [-0.2, -0.15) is 5.26 Å². The van der Waals surface area contributed by atoms with E-state index in [1.807, 2.05) is 6.07 Å². The van der Waals surface area contributed by atoms with Gasteiger partial charge in [0.25, 0.3) is 0 Å². The highest BCUT2D eigenvalue weighted by molar-refractivity contribution is 9.11. The van der Waals surface area contributed by atoms with Crippen LogP contribution in [-0.4, -0.2) is 5.11 Å². The van der Waals surface area contributed by atoms with E-state index < -0.39 is 5.63 Å². The number of fused-ring (bicyclic) bond motifs is 1. The van der Waals surface area contributed by atoms with Crippen LogP contribution in [0.4, 0.5) is 0 Å². The Morgan fingerprint density at radius 2 is 2.12 bits per heavy atom. The van der Waals surface area contributed by atoms with Crippen molar-refractivity contribution in [1.29, 1.82) is 5.26 Å². The van der Waals surface area contributed by atoms with Gasteiger partial charge in [0.05, 0.1) is 4.47 Å². The second kappa shape index (κ2) is 4.17. The van der Waals surface area contributed by atoms with E-state index >= 15 is 0 Å². The SMILES string of the molecule is Cc1c(C#N)c(=O)oc2c(Br)c(O)c(Br)cc12. The Morgan fingerprint density at radius 1 is 1.47 bits per heavy atom. The lowest BCUT2D eigenvalue weighted by atomic mass is 10.1. The van der Waals surface area contributed by atoms with E-state index in [1.54, 1.807) is 13.0 Å². The molecule has 0 aliphatic rings. The van der Waals surface area contributed by atoms with Gasteiger partial charge in [-0.05, 0) is 50.4 Å². The Morgan fingerprint density at radius 3 is 2.71 bits per heavy atom. The fraction of sp³-hybridized carbons (Fsp3) is 0.0909. The molecule has 0 fully saturated rings. The van der Waals surface area contributed by atoms with Crippen molar-refractivity contribution < 1.29 is 9.52 Å². The highest BCUT2D eigenvalue weighted by Gasteiger charge is 2.17. The van der Waals surface area contributed by atoms with Gasteiger partial charge < -0.3 is 9.52 Å². The van der Waals surface area contributed by atoms with Crippen molar-refractivity contribution in [3.05, 3.63) is 36.6 Å². The quantitative estimate of drug-likeness (QED) is 0.734. The highest BCUT2D eigenvalue weighted by atomic mass is 79.9. The average Bonchev–Trinajstić information content (AvgIpc) is 2.29. The van der Waals surface area contributed by atoms with Gasteiger partial charge in [-0.15, -0.1) is 0 Å². The molecule has 4 nitrogen and oxygen atoms in total. The molecule has 0 atom stereocenters. The van der Waals surface area contributed by atoms with Gasteiger partial charge in [0.1, 0.15) is 21.9 Å². The zero-order valence-corrected chi connectivity index (χ0v) is 11.7. The van der Waals surface area contributed by atoms with Crippen LogP contribution in [0.15, 0.2) is 24.2 Å². The highest BCUT2D eigenvalue weighted by Crippen LogP contribution is 2.39. The third kappa shape index (κ3) is 1.75. The molecule has 1 aromatic carbocycles. The van der Waals surface area contributed by atoms with Gasteiger partial charge in [0.2, 0.25) is 0 Å². The van der Waals surface area contributed by atoms with E-state index in [0.29, 0.717) is 15.4 Å². The molecule has 17 heavy (non-hydrogen) atoms. The number of nitriles is 1. The average molecular weight is 359 g/mol. The number of phenols is 1. The lowest BCUT2D eigenvalue weighted by molar-refractivity contribution is 0.465. The standard InChI is InChI=1S/C11H5Br2NO3/c1-4-5-2-7(12)9(15)8(13)10(5)17-11(16)6(4)3-14/h2,15H,1H3. The maximum absolute atomic E-state index is 11.5. The largest absolute Gasteiger partial charge is 0.505 e. The first-order valence-corrected chi connectivity index (χ1v) is 6.10. The Bertz CT molecular complexity index is 728. The molecule has 0 saturated heterocycles. The van der Waals surface area contributed by atoms with Crippen molar-refractivity contribution in [2.24, 2.45) is 0 Å². The summed E-state index contributed by atoms with van der Waals surface area (Å²) in [7, 11) is 0. The molecule has 0 aliphatic heterocycles. The van der Waals surface area contributed by atoms with Crippen molar-refractivity contribution >= 4 is 42.8 Å². The lowest BCUT2D eigenvalue weighted by Crippen LogP contribution is -2.07. The summed E-state index contributed by atoms with van der Waals surface area (Å²) >= 11 is 6.33. The van der Waals surface area contributed by atoms with Gasteiger partial charge in [0, 0.05) is 5.39 Å². The molecule has 1 heterocycles. The van der Waals surface area contributed by atoms with Crippen molar-refractivity contribution in [2.45, 2.75) is 6.92 Å². The van der Waals surface area contributed by atoms with Gasteiger partial charge in [-0.3, -0.25) is 0 Å². The second-order valence-corrected chi connectivity index (χ2v) is 5.05. The van der Waals surface area contributed by atoms with Crippen LogP contribution in [0, 0.1) is 18.3 Å². The van der Waals surface area contributed by atoms with Crippen molar-refractivity contribution in [2.75, 3.05) is 0 Å². The van der Waals surface area contributed by atoms with Gasteiger partial charge >= 0.3 is 5.63 Å². The molecule has 0 unspecified atom stereocenters. The van der Waals surface area contributed by atoms with Crippen LogP contribution < -0.4 is 5.63 Å². The normalized spacial score (nSPS) is 10.5. The lowest BCUT2D eigenvalue weighted by Gasteiger charge is -2.07. The van der Waals surface area contributed by atoms with E-state index in [-0.39, 0.29) is 21.4 Å². The summed E-state index contributed by atoms with van der Waals surface area (Å²) in [4.78, 5) is 11.5. The van der Waals surface area contributed by atoms with Crippen LogP contribution in [0.3, 0.4) is 0 Å².